The van der Waals surface area contributed by atoms with E-state index in [1.807, 2.05) is 56.3 Å². The number of aliphatic hydroxyl groups excluding tert-OH is 1. The second kappa shape index (κ2) is 9.59. The Bertz CT molecular complexity index is 937. The van der Waals surface area contributed by atoms with Crippen molar-refractivity contribution in [3.63, 3.8) is 0 Å². The number of Topliss-reactive ketones (excluding diaryl/α,β-unsaturated/α-hetero) is 1. The first kappa shape index (κ1) is 21.6. The third-order valence-corrected chi connectivity index (χ3v) is 5.02. The normalized spacial score (nSPS) is 18.3. The highest BCUT2D eigenvalue weighted by atomic mass is 16.5. The first-order valence-electron chi connectivity index (χ1n) is 10.1. The van der Waals surface area contributed by atoms with E-state index in [-0.39, 0.29) is 11.3 Å². The fourth-order valence-electron chi connectivity index (χ4n) is 3.51. The van der Waals surface area contributed by atoms with Crippen molar-refractivity contribution in [3.05, 3.63) is 71.3 Å². The molecule has 6 heteroatoms. The molecule has 30 heavy (non-hydrogen) atoms. The number of ketones is 1. The Morgan fingerprint density at radius 3 is 2.50 bits per heavy atom. The zero-order valence-electron chi connectivity index (χ0n) is 17.7. The van der Waals surface area contributed by atoms with Crippen molar-refractivity contribution in [2.24, 2.45) is 0 Å². The molecular formula is C24H28N2O4. The summed E-state index contributed by atoms with van der Waals surface area (Å²) < 4.78 is 5.75. The van der Waals surface area contributed by atoms with E-state index in [4.69, 9.17) is 4.74 Å². The Kier molecular flexibility index (Phi) is 6.90. The number of carbonyl (C=O) groups is 2. The molecular weight excluding hydrogens is 380 g/mol. The van der Waals surface area contributed by atoms with Gasteiger partial charge in [0.25, 0.3) is 11.7 Å². The van der Waals surface area contributed by atoms with Crippen LogP contribution in [-0.4, -0.2) is 60.4 Å². The highest BCUT2D eigenvalue weighted by Crippen LogP contribution is 2.40. The lowest BCUT2D eigenvalue weighted by Gasteiger charge is -2.27. The van der Waals surface area contributed by atoms with Gasteiger partial charge in [0.05, 0.1) is 18.2 Å². The van der Waals surface area contributed by atoms with E-state index in [2.05, 4.69) is 0 Å². The Morgan fingerprint density at radius 2 is 1.83 bits per heavy atom. The number of rotatable bonds is 8. The van der Waals surface area contributed by atoms with Crippen LogP contribution < -0.4 is 4.74 Å². The van der Waals surface area contributed by atoms with Gasteiger partial charge in [-0.1, -0.05) is 49.4 Å². The van der Waals surface area contributed by atoms with Crippen molar-refractivity contribution in [3.8, 4) is 5.75 Å². The van der Waals surface area contributed by atoms with E-state index in [0.717, 1.165) is 12.0 Å². The van der Waals surface area contributed by atoms with Gasteiger partial charge in [0.2, 0.25) is 0 Å². The molecule has 2 aromatic carbocycles. The number of likely N-dealkylation sites (N-methyl/N-ethyl adjacent to an activating group) is 1. The van der Waals surface area contributed by atoms with E-state index in [0.29, 0.717) is 31.0 Å². The van der Waals surface area contributed by atoms with Crippen LogP contribution in [0.5, 0.6) is 5.75 Å². The van der Waals surface area contributed by atoms with Crippen LogP contribution in [0, 0.1) is 0 Å². The van der Waals surface area contributed by atoms with Crippen LogP contribution in [0.3, 0.4) is 0 Å². The maximum atomic E-state index is 13.0. The molecule has 1 atom stereocenters. The lowest BCUT2D eigenvalue weighted by atomic mass is 9.95. The summed E-state index contributed by atoms with van der Waals surface area (Å²) >= 11 is 0. The number of carbonyl (C=O) groups excluding carboxylic acids is 2. The minimum Gasteiger partial charge on any atom is -0.507 e. The van der Waals surface area contributed by atoms with Crippen LogP contribution in [0.2, 0.25) is 0 Å². The van der Waals surface area contributed by atoms with Gasteiger partial charge in [-0.15, -0.1) is 0 Å². The van der Waals surface area contributed by atoms with Crippen LogP contribution >= 0.6 is 0 Å². The van der Waals surface area contributed by atoms with E-state index >= 15 is 0 Å². The average Bonchev–Trinajstić information content (AvgIpc) is 3.01. The summed E-state index contributed by atoms with van der Waals surface area (Å²) in [4.78, 5) is 29.3. The van der Waals surface area contributed by atoms with Gasteiger partial charge in [0.1, 0.15) is 11.5 Å². The van der Waals surface area contributed by atoms with Crippen LogP contribution in [0.4, 0.5) is 0 Å². The van der Waals surface area contributed by atoms with E-state index in [9.17, 15) is 14.7 Å². The standard InChI is InChI=1S/C24H28N2O4/c1-4-15-30-19-12-8-11-18(16-19)21-20(22(27)17-9-6-5-7-10-17)23(28)24(29)26(21)14-13-25(2)3/h5-12,16,21,27H,4,13-15H2,1-3H3/b22-20-/t21-/m1/s1. The summed E-state index contributed by atoms with van der Waals surface area (Å²) in [7, 11) is 3.82. The van der Waals surface area contributed by atoms with Gasteiger partial charge in [-0.05, 0) is 38.2 Å². The van der Waals surface area contributed by atoms with Crippen molar-refractivity contribution in [2.45, 2.75) is 19.4 Å². The van der Waals surface area contributed by atoms with E-state index in [1.165, 1.54) is 4.90 Å². The summed E-state index contributed by atoms with van der Waals surface area (Å²) in [5.41, 5.74) is 1.35. The third-order valence-electron chi connectivity index (χ3n) is 5.02. The summed E-state index contributed by atoms with van der Waals surface area (Å²) in [5.74, 6) is -0.752. The van der Waals surface area contributed by atoms with Gasteiger partial charge in [0, 0.05) is 18.7 Å². The Balaban J connectivity index is 2.10. The number of hydrogen-bond acceptors (Lipinski definition) is 5. The molecule has 0 aromatic heterocycles. The minimum atomic E-state index is -0.671. The van der Waals surface area contributed by atoms with Crippen LogP contribution in [0.15, 0.2) is 60.2 Å². The maximum absolute atomic E-state index is 13.0. The smallest absolute Gasteiger partial charge is 0.295 e. The molecule has 0 saturated carbocycles. The number of amides is 1. The molecule has 1 fully saturated rings. The van der Waals surface area contributed by atoms with Gasteiger partial charge in [-0.25, -0.2) is 0 Å². The lowest BCUT2D eigenvalue weighted by Crippen LogP contribution is -2.35. The summed E-state index contributed by atoms with van der Waals surface area (Å²) in [6, 6.07) is 15.6. The average molecular weight is 408 g/mol. The van der Waals surface area contributed by atoms with E-state index < -0.39 is 17.7 Å². The number of aliphatic hydroxyl groups is 1. The molecule has 0 bridgehead atoms. The van der Waals surface area contributed by atoms with Crippen molar-refractivity contribution in [2.75, 3.05) is 33.8 Å². The van der Waals surface area contributed by atoms with Gasteiger partial charge >= 0.3 is 0 Å². The summed E-state index contributed by atoms with van der Waals surface area (Å²) in [6.07, 6.45) is 0.875. The highest BCUT2D eigenvalue weighted by Gasteiger charge is 2.45. The molecule has 6 nitrogen and oxygen atoms in total. The molecule has 1 saturated heterocycles. The van der Waals surface area contributed by atoms with Crippen molar-refractivity contribution in [1.29, 1.82) is 0 Å². The molecule has 1 aliphatic rings. The molecule has 0 unspecified atom stereocenters. The fraction of sp³-hybridized carbons (Fsp3) is 0.333. The van der Waals surface area contributed by atoms with Gasteiger partial charge < -0.3 is 19.6 Å². The minimum absolute atomic E-state index is 0.109. The molecule has 2 aromatic rings. The molecule has 3 rings (SSSR count). The summed E-state index contributed by atoms with van der Waals surface area (Å²) in [6.45, 7) is 3.57. The molecule has 0 spiro atoms. The largest absolute Gasteiger partial charge is 0.507 e. The molecule has 1 N–H and O–H groups in total. The van der Waals surface area contributed by atoms with Crippen LogP contribution in [0.1, 0.15) is 30.5 Å². The second-order valence-electron chi connectivity index (χ2n) is 7.58. The first-order valence-corrected chi connectivity index (χ1v) is 10.1. The molecule has 158 valence electrons. The Labute approximate surface area is 177 Å². The van der Waals surface area contributed by atoms with Crippen molar-refractivity contribution < 1.29 is 19.4 Å². The van der Waals surface area contributed by atoms with Crippen molar-refractivity contribution >= 4 is 17.4 Å². The van der Waals surface area contributed by atoms with Gasteiger partial charge in [-0.2, -0.15) is 0 Å². The topological polar surface area (TPSA) is 70.1 Å². The van der Waals surface area contributed by atoms with Gasteiger partial charge in [0.15, 0.2) is 0 Å². The maximum Gasteiger partial charge on any atom is 0.295 e. The van der Waals surface area contributed by atoms with Crippen LogP contribution in [-0.2, 0) is 9.59 Å². The zero-order valence-corrected chi connectivity index (χ0v) is 17.7. The fourth-order valence-corrected chi connectivity index (χ4v) is 3.51. The number of nitrogens with zero attached hydrogens (tertiary/aromatic N) is 2. The molecule has 0 radical (unpaired) electrons. The quantitative estimate of drug-likeness (QED) is 0.412. The molecule has 1 heterocycles. The third kappa shape index (κ3) is 4.54. The predicted octanol–water partition coefficient (Wildman–Crippen LogP) is 3.46. The lowest BCUT2D eigenvalue weighted by molar-refractivity contribution is -0.140. The second-order valence-corrected chi connectivity index (χ2v) is 7.58. The summed E-state index contributed by atoms with van der Waals surface area (Å²) in [5, 5.41) is 11.0. The monoisotopic (exact) mass is 408 g/mol. The van der Waals surface area contributed by atoms with Crippen molar-refractivity contribution in [1.82, 2.24) is 9.80 Å². The Morgan fingerprint density at radius 1 is 1.10 bits per heavy atom. The highest BCUT2D eigenvalue weighted by molar-refractivity contribution is 6.46. The number of ether oxygens (including phenoxy) is 1. The molecule has 0 aliphatic carbocycles. The Hall–Kier alpha value is -3.12. The van der Waals surface area contributed by atoms with E-state index in [1.54, 1.807) is 24.3 Å². The number of hydrogen-bond donors (Lipinski definition) is 1. The number of benzene rings is 2. The number of likely N-dealkylation sites (tertiary alicyclic amines) is 1. The molecule has 1 aliphatic heterocycles. The predicted molar refractivity (Wildman–Crippen MR) is 116 cm³/mol. The zero-order chi connectivity index (χ0) is 21.7. The van der Waals surface area contributed by atoms with Gasteiger partial charge in [-0.3, -0.25) is 9.59 Å². The SMILES string of the molecule is CCCOc1cccc([C@@H]2/C(=C(/O)c3ccccc3)C(=O)C(=O)N2CCN(C)C)c1. The van der Waals surface area contributed by atoms with Crippen LogP contribution in [0.25, 0.3) is 5.76 Å². The molecule has 1 amide bonds. The first-order chi connectivity index (χ1) is 14.4.